The number of hydrogen-bond acceptors (Lipinski definition) is 4. The molecule has 23 heavy (non-hydrogen) atoms. The van der Waals surface area contributed by atoms with E-state index in [1.807, 2.05) is 30.3 Å². The van der Waals surface area contributed by atoms with Crippen LogP contribution in [0.1, 0.15) is 24.0 Å². The second-order valence-corrected chi connectivity index (χ2v) is 4.99. The number of anilines is 1. The first-order chi connectivity index (χ1) is 11.0. The van der Waals surface area contributed by atoms with Gasteiger partial charge in [0.15, 0.2) is 0 Å². The third kappa shape index (κ3) is 4.23. The van der Waals surface area contributed by atoms with Crippen LogP contribution in [0, 0.1) is 0 Å². The van der Waals surface area contributed by atoms with Crippen molar-refractivity contribution in [2.24, 2.45) is 0 Å². The molecule has 0 bridgehead atoms. The number of carboxylic acids is 1. The lowest BCUT2D eigenvalue weighted by atomic mass is 9.99. The minimum Gasteiger partial charge on any atom is -0.505 e. The van der Waals surface area contributed by atoms with E-state index >= 15 is 0 Å². The van der Waals surface area contributed by atoms with Crippen LogP contribution in [0.5, 0.6) is 5.75 Å². The van der Waals surface area contributed by atoms with Gasteiger partial charge in [-0.15, -0.1) is 0 Å². The summed E-state index contributed by atoms with van der Waals surface area (Å²) in [5.74, 6) is -2.24. The summed E-state index contributed by atoms with van der Waals surface area (Å²) in [4.78, 5) is 22.8. The lowest BCUT2D eigenvalue weighted by Gasteiger charge is -2.13. The Balaban J connectivity index is 2.03. The van der Waals surface area contributed by atoms with Crippen molar-refractivity contribution >= 4 is 17.7 Å². The predicted molar refractivity (Wildman–Crippen MR) is 84.4 cm³/mol. The van der Waals surface area contributed by atoms with Crippen LogP contribution in [0.3, 0.4) is 0 Å². The maximum absolute atomic E-state index is 11.8. The highest BCUT2D eigenvalue weighted by molar-refractivity contribution is 5.88. The maximum atomic E-state index is 11.8. The van der Waals surface area contributed by atoms with Crippen molar-refractivity contribution in [1.29, 1.82) is 0 Å². The molecule has 6 nitrogen and oxygen atoms in total. The number of ether oxygens (including phenoxy) is 1. The highest BCUT2D eigenvalue weighted by atomic mass is 16.5. The molecule has 0 aliphatic rings. The van der Waals surface area contributed by atoms with Crippen LogP contribution in [0.4, 0.5) is 10.5 Å². The second kappa shape index (κ2) is 7.31. The number of carbonyl (C=O) groups is 2. The lowest BCUT2D eigenvalue weighted by molar-refractivity contribution is -0.138. The van der Waals surface area contributed by atoms with E-state index in [1.54, 1.807) is 6.07 Å². The molecule has 0 aromatic heterocycles. The van der Waals surface area contributed by atoms with Crippen LogP contribution in [-0.2, 0) is 16.1 Å². The summed E-state index contributed by atoms with van der Waals surface area (Å²) < 4.78 is 5.06. The summed E-state index contributed by atoms with van der Waals surface area (Å²) in [5.41, 5.74) is 1.16. The Hall–Kier alpha value is -3.02. The van der Waals surface area contributed by atoms with Crippen molar-refractivity contribution in [1.82, 2.24) is 0 Å². The second-order valence-electron chi connectivity index (χ2n) is 4.99. The summed E-state index contributed by atoms with van der Waals surface area (Å²) in [6.45, 7) is 1.55. The zero-order chi connectivity index (χ0) is 16.8. The predicted octanol–water partition coefficient (Wildman–Crippen LogP) is 3.33. The third-order valence-electron chi connectivity index (χ3n) is 3.35. The zero-order valence-corrected chi connectivity index (χ0v) is 12.5. The molecule has 0 saturated carbocycles. The zero-order valence-electron chi connectivity index (χ0n) is 12.5. The Morgan fingerprint density at radius 2 is 1.83 bits per heavy atom. The molecule has 3 N–H and O–H groups in total. The molecule has 2 aromatic rings. The topological polar surface area (TPSA) is 95.9 Å². The molecule has 0 radical (unpaired) electrons. The highest BCUT2D eigenvalue weighted by Gasteiger charge is 2.20. The first-order valence-electron chi connectivity index (χ1n) is 7.01. The van der Waals surface area contributed by atoms with Gasteiger partial charge in [-0.3, -0.25) is 10.1 Å². The molecule has 2 rings (SSSR count). The van der Waals surface area contributed by atoms with Crippen LogP contribution < -0.4 is 5.32 Å². The van der Waals surface area contributed by atoms with E-state index in [9.17, 15) is 14.7 Å². The Labute approximate surface area is 133 Å². The van der Waals surface area contributed by atoms with E-state index in [0.717, 1.165) is 5.56 Å². The molecule has 0 heterocycles. The number of phenols is 1. The Bertz CT molecular complexity index is 699. The fraction of sp³-hybridized carbons (Fsp3) is 0.176. The number of amides is 1. The van der Waals surface area contributed by atoms with Gasteiger partial charge in [-0.2, -0.15) is 0 Å². The standard InChI is InChI=1S/C17H17NO5/c1-11(16(20)21)13-8-5-9-14(15(13)19)18-17(22)23-10-12-6-3-2-4-7-12/h2-9,11,19H,10H2,1H3,(H,18,22)(H,20,21)/t11-/m1/s1. The van der Waals surface area contributed by atoms with E-state index in [0.29, 0.717) is 0 Å². The summed E-state index contributed by atoms with van der Waals surface area (Å²) in [6.07, 6.45) is -0.732. The van der Waals surface area contributed by atoms with Crippen molar-refractivity contribution < 1.29 is 24.5 Å². The molecule has 1 amide bonds. The van der Waals surface area contributed by atoms with Gasteiger partial charge in [0.25, 0.3) is 0 Å². The van der Waals surface area contributed by atoms with Crippen LogP contribution in [0.2, 0.25) is 0 Å². The van der Waals surface area contributed by atoms with Crippen molar-refractivity contribution in [3.63, 3.8) is 0 Å². The largest absolute Gasteiger partial charge is 0.505 e. The third-order valence-corrected chi connectivity index (χ3v) is 3.35. The average Bonchev–Trinajstić information content (AvgIpc) is 2.55. The summed E-state index contributed by atoms with van der Waals surface area (Å²) in [7, 11) is 0. The van der Waals surface area contributed by atoms with Crippen LogP contribution in [0.15, 0.2) is 48.5 Å². The summed E-state index contributed by atoms with van der Waals surface area (Å²) in [5, 5.41) is 21.5. The van der Waals surface area contributed by atoms with E-state index in [2.05, 4.69) is 5.32 Å². The molecule has 0 unspecified atom stereocenters. The van der Waals surface area contributed by atoms with E-state index in [1.165, 1.54) is 19.1 Å². The lowest BCUT2D eigenvalue weighted by Crippen LogP contribution is -2.14. The first kappa shape index (κ1) is 16.4. The van der Waals surface area contributed by atoms with E-state index in [-0.39, 0.29) is 23.6 Å². The molecule has 0 aliphatic carbocycles. The van der Waals surface area contributed by atoms with Crippen molar-refractivity contribution in [3.05, 3.63) is 59.7 Å². The average molecular weight is 315 g/mol. The molecular weight excluding hydrogens is 298 g/mol. The van der Waals surface area contributed by atoms with Gasteiger partial charge in [-0.1, -0.05) is 42.5 Å². The van der Waals surface area contributed by atoms with Crippen molar-refractivity contribution in [2.75, 3.05) is 5.32 Å². The molecule has 120 valence electrons. The molecule has 0 aliphatic heterocycles. The first-order valence-corrected chi connectivity index (χ1v) is 7.01. The molecule has 0 saturated heterocycles. The van der Waals surface area contributed by atoms with Gasteiger partial charge in [0.2, 0.25) is 0 Å². The molecule has 1 atom stereocenters. The Morgan fingerprint density at radius 1 is 1.13 bits per heavy atom. The SMILES string of the molecule is C[C@@H](C(=O)O)c1cccc(NC(=O)OCc2ccccc2)c1O. The van der Waals surface area contributed by atoms with Crippen LogP contribution in [0.25, 0.3) is 0 Å². The Kier molecular flexibility index (Phi) is 5.19. The van der Waals surface area contributed by atoms with Gasteiger partial charge in [0.05, 0.1) is 11.6 Å². The molecule has 0 spiro atoms. The fourth-order valence-electron chi connectivity index (χ4n) is 2.01. The van der Waals surface area contributed by atoms with E-state index < -0.39 is 18.0 Å². The Morgan fingerprint density at radius 3 is 2.48 bits per heavy atom. The minimum absolute atomic E-state index is 0.0959. The minimum atomic E-state index is -1.07. The number of carboxylic acid groups (broad SMARTS) is 1. The number of benzene rings is 2. The van der Waals surface area contributed by atoms with Gasteiger partial charge in [0, 0.05) is 5.56 Å². The fourth-order valence-corrected chi connectivity index (χ4v) is 2.01. The van der Waals surface area contributed by atoms with E-state index in [4.69, 9.17) is 9.84 Å². The number of hydrogen-bond donors (Lipinski definition) is 3. The van der Waals surface area contributed by atoms with Gasteiger partial charge in [-0.05, 0) is 18.6 Å². The number of nitrogens with one attached hydrogen (secondary N) is 1. The number of phenolic OH excluding ortho intramolecular Hbond substituents is 1. The van der Waals surface area contributed by atoms with Gasteiger partial charge >= 0.3 is 12.1 Å². The molecule has 0 fully saturated rings. The number of aromatic hydroxyl groups is 1. The maximum Gasteiger partial charge on any atom is 0.412 e. The normalized spacial score (nSPS) is 11.5. The summed E-state index contributed by atoms with van der Waals surface area (Å²) >= 11 is 0. The quantitative estimate of drug-likeness (QED) is 0.735. The summed E-state index contributed by atoms with van der Waals surface area (Å²) in [6, 6.07) is 13.7. The van der Waals surface area contributed by atoms with Crippen molar-refractivity contribution in [2.45, 2.75) is 19.4 Å². The number of para-hydroxylation sites is 1. The smallest absolute Gasteiger partial charge is 0.412 e. The molecule has 2 aromatic carbocycles. The number of carbonyl (C=O) groups excluding carboxylic acids is 1. The van der Waals surface area contributed by atoms with Crippen LogP contribution >= 0.6 is 0 Å². The monoisotopic (exact) mass is 315 g/mol. The molecular formula is C17H17NO5. The van der Waals surface area contributed by atoms with Gasteiger partial charge in [-0.25, -0.2) is 4.79 Å². The van der Waals surface area contributed by atoms with Gasteiger partial charge in [0.1, 0.15) is 12.4 Å². The van der Waals surface area contributed by atoms with Crippen LogP contribution in [-0.4, -0.2) is 22.3 Å². The highest BCUT2D eigenvalue weighted by Crippen LogP contribution is 2.33. The number of aliphatic carboxylic acids is 1. The number of rotatable bonds is 5. The molecule has 6 heteroatoms. The van der Waals surface area contributed by atoms with Gasteiger partial charge < -0.3 is 14.9 Å². The van der Waals surface area contributed by atoms with Crippen molar-refractivity contribution in [3.8, 4) is 5.75 Å².